The molecule has 0 amide bonds. The van der Waals surface area contributed by atoms with Crippen molar-refractivity contribution in [1.82, 2.24) is 14.8 Å². The maximum absolute atomic E-state index is 12.3. The van der Waals surface area contributed by atoms with Gasteiger partial charge in [0.05, 0.1) is 10.7 Å². The molecular formula is C18H16N4O3S. The maximum atomic E-state index is 12.3. The fraction of sp³-hybridized carbons (Fsp3) is 0.167. The van der Waals surface area contributed by atoms with Crippen LogP contribution in [0.3, 0.4) is 0 Å². The van der Waals surface area contributed by atoms with Crippen LogP contribution in [-0.4, -0.2) is 31.2 Å². The quantitative estimate of drug-likeness (QED) is 0.285. The average molecular weight is 368 g/mol. The normalized spacial score (nSPS) is 10.7. The molecule has 3 aromatic rings. The number of aryl methyl sites for hydroxylation is 1. The molecule has 7 nitrogen and oxygen atoms in total. The minimum Gasteiger partial charge on any atom is -0.305 e. The number of carbonyl (C=O) groups is 1. The highest BCUT2D eigenvalue weighted by atomic mass is 32.2. The van der Waals surface area contributed by atoms with E-state index >= 15 is 0 Å². The third-order valence-corrected chi connectivity index (χ3v) is 4.86. The summed E-state index contributed by atoms with van der Waals surface area (Å²) in [5.41, 5.74) is 2.50. The Balaban J connectivity index is 1.70. The van der Waals surface area contributed by atoms with E-state index in [-0.39, 0.29) is 17.2 Å². The van der Waals surface area contributed by atoms with Gasteiger partial charge in [0.1, 0.15) is 0 Å². The molecule has 3 rings (SSSR count). The summed E-state index contributed by atoms with van der Waals surface area (Å²) >= 11 is 1.29. The smallest absolute Gasteiger partial charge is 0.269 e. The summed E-state index contributed by atoms with van der Waals surface area (Å²) in [6, 6.07) is 13.6. The highest BCUT2D eigenvalue weighted by Crippen LogP contribution is 2.24. The van der Waals surface area contributed by atoms with Gasteiger partial charge in [-0.05, 0) is 25.1 Å². The molecule has 0 spiro atoms. The summed E-state index contributed by atoms with van der Waals surface area (Å²) in [7, 11) is 1.86. The number of thioether (sulfide) groups is 1. The Morgan fingerprint density at radius 2 is 1.92 bits per heavy atom. The van der Waals surface area contributed by atoms with Crippen LogP contribution in [0, 0.1) is 17.0 Å². The number of non-ortho nitro benzene ring substituents is 1. The first-order valence-corrected chi connectivity index (χ1v) is 8.81. The van der Waals surface area contributed by atoms with Gasteiger partial charge >= 0.3 is 0 Å². The number of ketones is 1. The topological polar surface area (TPSA) is 90.9 Å². The van der Waals surface area contributed by atoms with E-state index in [9.17, 15) is 14.9 Å². The summed E-state index contributed by atoms with van der Waals surface area (Å²) in [6.45, 7) is 2.01. The second-order valence-electron chi connectivity index (χ2n) is 5.75. The molecule has 0 bridgehead atoms. The molecule has 0 aliphatic rings. The van der Waals surface area contributed by atoms with Gasteiger partial charge < -0.3 is 4.57 Å². The van der Waals surface area contributed by atoms with Crippen LogP contribution in [0.4, 0.5) is 5.69 Å². The van der Waals surface area contributed by atoms with Crippen LogP contribution >= 0.6 is 11.8 Å². The summed E-state index contributed by atoms with van der Waals surface area (Å²) in [4.78, 5) is 22.5. The van der Waals surface area contributed by atoms with E-state index < -0.39 is 4.92 Å². The zero-order chi connectivity index (χ0) is 18.7. The average Bonchev–Trinajstić information content (AvgIpc) is 3.00. The van der Waals surface area contributed by atoms with Crippen LogP contribution in [0.15, 0.2) is 53.7 Å². The van der Waals surface area contributed by atoms with Crippen molar-refractivity contribution in [2.45, 2.75) is 12.1 Å². The lowest BCUT2D eigenvalue weighted by Gasteiger charge is -2.04. The van der Waals surface area contributed by atoms with E-state index in [1.165, 1.54) is 36.0 Å². The molecule has 26 heavy (non-hydrogen) atoms. The standard InChI is InChI=1S/C18H16N4O3S/c1-12-4-3-5-14(10-12)17-19-20-18(21(17)2)26-11-16(23)13-6-8-15(9-7-13)22(24)25/h3-10H,11H2,1-2H3. The van der Waals surface area contributed by atoms with Gasteiger partial charge in [-0.15, -0.1) is 10.2 Å². The fourth-order valence-corrected chi connectivity index (χ4v) is 3.26. The predicted molar refractivity (Wildman–Crippen MR) is 99.3 cm³/mol. The van der Waals surface area contributed by atoms with Crippen molar-refractivity contribution in [2.75, 3.05) is 5.75 Å². The van der Waals surface area contributed by atoms with E-state index in [1.807, 2.05) is 42.8 Å². The Bertz CT molecular complexity index is 967. The first-order valence-electron chi connectivity index (χ1n) is 7.82. The number of nitro groups is 1. The molecule has 0 aliphatic heterocycles. The minimum atomic E-state index is -0.491. The first-order chi connectivity index (χ1) is 12.5. The Morgan fingerprint density at radius 3 is 2.58 bits per heavy atom. The number of benzene rings is 2. The SMILES string of the molecule is Cc1cccc(-c2nnc(SCC(=O)c3ccc([N+](=O)[O-])cc3)n2C)c1. The van der Waals surface area contributed by atoms with Crippen LogP contribution in [0.2, 0.25) is 0 Å². The number of Topliss-reactive ketones (excluding diaryl/α,β-unsaturated/α-hetero) is 1. The lowest BCUT2D eigenvalue weighted by atomic mass is 10.1. The molecule has 0 saturated heterocycles. The number of hydrogen-bond acceptors (Lipinski definition) is 6. The Morgan fingerprint density at radius 1 is 1.19 bits per heavy atom. The van der Waals surface area contributed by atoms with Crippen LogP contribution < -0.4 is 0 Å². The molecule has 2 aromatic carbocycles. The van der Waals surface area contributed by atoms with Crippen molar-refractivity contribution < 1.29 is 9.72 Å². The van der Waals surface area contributed by atoms with Crippen LogP contribution in [0.25, 0.3) is 11.4 Å². The van der Waals surface area contributed by atoms with Crippen LogP contribution in [0.5, 0.6) is 0 Å². The molecular weight excluding hydrogens is 352 g/mol. The monoisotopic (exact) mass is 368 g/mol. The molecule has 0 unspecified atom stereocenters. The van der Waals surface area contributed by atoms with Gasteiger partial charge in [0.15, 0.2) is 16.8 Å². The lowest BCUT2D eigenvalue weighted by Crippen LogP contribution is -2.04. The third kappa shape index (κ3) is 3.80. The minimum absolute atomic E-state index is 0.0368. The van der Waals surface area contributed by atoms with E-state index in [4.69, 9.17) is 0 Å². The zero-order valence-corrected chi connectivity index (χ0v) is 15.1. The van der Waals surface area contributed by atoms with E-state index in [1.54, 1.807) is 0 Å². The summed E-state index contributed by atoms with van der Waals surface area (Å²) < 4.78 is 1.85. The van der Waals surface area contributed by atoms with Crippen molar-refractivity contribution in [2.24, 2.45) is 7.05 Å². The van der Waals surface area contributed by atoms with Gasteiger partial charge in [0.25, 0.3) is 5.69 Å². The Hall–Kier alpha value is -3.00. The fourth-order valence-electron chi connectivity index (χ4n) is 2.46. The van der Waals surface area contributed by atoms with Crippen molar-refractivity contribution in [3.63, 3.8) is 0 Å². The molecule has 1 heterocycles. The third-order valence-electron chi connectivity index (χ3n) is 3.84. The van der Waals surface area contributed by atoms with Gasteiger partial charge in [-0.25, -0.2) is 0 Å². The predicted octanol–water partition coefficient (Wildman–Crippen LogP) is 3.67. The molecule has 132 valence electrons. The second-order valence-corrected chi connectivity index (χ2v) is 6.69. The summed E-state index contributed by atoms with van der Waals surface area (Å²) in [6.07, 6.45) is 0. The number of aromatic nitrogens is 3. The number of nitrogens with zero attached hydrogens (tertiary/aromatic N) is 4. The molecule has 0 N–H and O–H groups in total. The molecule has 0 aliphatic carbocycles. The number of nitro benzene ring substituents is 1. The summed E-state index contributed by atoms with van der Waals surface area (Å²) in [5.74, 6) is 0.793. The molecule has 0 radical (unpaired) electrons. The number of carbonyl (C=O) groups excluding carboxylic acids is 1. The molecule has 8 heteroatoms. The molecule has 1 aromatic heterocycles. The van der Waals surface area contributed by atoms with Crippen molar-refractivity contribution in [3.05, 3.63) is 69.8 Å². The van der Waals surface area contributed by atoms with Gasteiger partial charge in [0, 0.05) is 30.3 Å². The van der Waals surface area contributed by atoms with E-state index in [0.717, 1.165) is 17.0 Å². The first kappa shape index (κ1) is 17.8. The van der Waals surface area contributed by atoms with Crippen LogP contribution in [0.1, 0.15) is 15.9 Å². The number of rotatable bonds is 6. The number of hydrogen-bond donors (Lipinski definition) is 0. The second kappa shape index (κ2) is 7.49. The Kier molecular flexibility index (Phi) is 5.13. The van der Waals surface area contributed by atoms with E-state index in [0.29, 0.717) is 10.7 Å². The van der Waals surface area contributed by atoms with Gasteiger partial charge in [-0.2, -0.15) is 0 Å². The largest absolute Gasteiger partial charge is 0.305 e. The molecule has 0 fully saturated rings. The highest BCUT2D eigenvalue weighted by Gasteiger charge is 2.14. The van der Waals surface area contributed by atoms with Crippen molar-refractivity contribution in [1.29, 1.82) is 0 Å². The molecule has 0 atom stereocenters. The Labute approximate surface area is 154 Å². The van der Waals surface area contributed by atoms with Gasteiger partial charge in [-0.1, -0.05) is 35.5 Å². The zero-order valence-electron chi connectivity index (χ0n) is 14.2. The maximum Gasteiger partial charge on any atom is 0.269 e. The highest BCUT2D eigenvalue weighted by molar-refractivity contribution is 7.99. The summed E-state index contributed by atoms with van der Waals surface area (Å²) in [5, 5.41) is 19.7. The van der Waals surface area contributed by atoms with E-state index in [2.05, 4.69) is 10.2 Å². The van der Waals surface area contributed by atoms with Crippen molar-refractivity contribution in [3.8, 4) is 11.4 Å². The van der Waals surface area contributed by atoms with Gasteiger partial charge in [-0.3, -0.25) is 14.9 Å². The van der Waals surface area contributed by atoms with Crippen molar-refractivity contribution >= 4 is 23.2 Å². The lowest BCUT2D eigenvalue weighted by molar-refractivity contribution is -0.384. The van der Waals surface area contributed by atoms with Gasteiger partial charge in [0.2, 0.25) is 0 Å². The molecule has 0 saturated carbocycles. The van der Waals surface area contributed by atoms with Crippen LogP contribution in [-0.2, 0) is 7.05 Å².